The molecule has 0 unspecified atom stereocenters. The Labute approximate surface area is 122 Å². The first-order valence-corrected chi connectivity index (χ1v) is 7.74. The van der Waals surface area contributed by atoms with Crippen LogP contribution in [-0.4, -0.2) is 27.4 Å². The average molecular weight is 292 g/mol. The van der Waals surface area contributed by atoms with Gasteiger partial charge in [0.05, 0.1) is 17.0 Å². The fourth-order valence-electron chi connectivity index (χ4n) is 1.97. The second kappa shape index (κ2) is 7.19. The Morgan fingerprint density at radius 1 is 1.45 bits per heavy atom. The monoisotopic (exact) mass is 292 g/mol. The Morgan fingerprint density at radius 2 is 2.30 bits per heavy atom. The minimum atomic E-state index is -0.0128. The lowest BCUT2D eigenvalue weighted by atomic mass is 10.2. The molecule has 2 rings (SSSR count). The first kappa shape index (κ1) is 14.7. The third-order valence-electron chi connectivity index (χ3n) is 3.01. The maximum absolute atomic E-state index is 12.2. The normalized spacial score (nSPS) is 10.7. The van der Waals surface area contributed by atoms with Crippen LogP contribution in [0.4, 0.5) is 0 Å². The summed E-state index contributed by atoms with van der Waals surface area (Å²) in [5.74, 6) is -0.0128. The number of aryl methyl sites for hydroxylation is 2. The van der Waals surface area contributed by atoms with Crippen molar-refractivity contribution in [3.8, 4) is 0 Å². The maximum atomic E-state index is 12.2. The lowest BCUT2D eigenvalue weighted by molar-refractivity contribution is 0.0957. The van der Waals surface area contributed by atoms with Gasteiger partial charge in [-0.25, -0.2) is 9.97 Å². The van der Waals surface area contributed by atoms with E-state index in [-0.39, 0.29) is 5.91 Å². The fourth-order valence-corrected chi connectivity index (χ4v) is 2.86. The molecule has 2 aromatic heterocycles. The zero-order valence-electron chi connectivity index (χ0n) is 11.9. The van der Waals surface area contributed by atoms with E-state index in [2.05, 4.69) is 27.2 Å². The van der Waals surface area contributed by atoms with E-state index in [0.717, 1.165) is 47.0 Å². The molecule has 0 aliphatic rings. The van der Waals surface area contributed by atoms with Crippen molar-refractivity contribution in [3.05, 3.63) is 33.8 Å². The number of hydrogen-bond acceptors (Lipinski definition) is 4. The van der Waals surface area contributed by atoms with Crippen LogP contribution in [0.5, 0.6) is 0 Å². The smallest absolute Gasteiger partial charge is 0.263 e. The summed E-state index contributed by atoms with van der Waals surface area (Å²) in [6, 6.07) is 0. The van der Waals surface area contributed by atoms with Gasteiger partial charge in [-0.2, -0.15) is 0 Å². The van der Waals surface area contributed by atoms with Gasteiger partial charge in [-0.3, -0.25) is 4.79 Å². The number of aromatic amines is 1. The van der Waals surface area contributed by atoms with Crippen LogP contribution in [-0.2, 0) is 12.8 Å². The number of nitrogens with one attached hydrogen (secondary N) is 2. The molecule has 0 bridgehead atoms. The first-order chi connectivity index (χ1) is 9.70. The third kappa shape index (κ3) is 3.90. The van der Waals surface area contributed by atoms with Crippen LogP contribution in [0.1, 0.15) is 45.8 Å². The van der Waals surface area contributed by atoms with Crippen molar-refractivity contribution in [1.82, 2.24) is 20.3 Å². The van der Waals surface area contributed by atoms with Crippen molar-refractivity contribution in [1.29, 1.82) is 0 Å². The van der Waals surface area contributed by atoms with Crippen molar-refractivity contribution in [3.63, 3.8) is 0 Å². The molecule has 108 valence electrons. The molecule has 0 saturated carbocycles. The summed E-state index contributed by atoms with van der Waals surface area (Å²) in [4.78, 5) is 24.4. The summed E-state index contributed by atoms with van der Waals surface area (Å²) in [6.07, 6.45) is 7.23. The molecule has 20 heavy (non-hydrogen) atoms. The van der Waals surface area contributed by atoms with Crippen molar-refractivity contribution >= 4 is 17.2 Å². The highest BCUT2D eigenvalue weighted by molar-refractivity contribution is 7.13. The average Bonchev–Trinajstić information content (AvgIpc) is 3.05. The number of carbonyl (C=O) groups excluding carboxylic acids is 1. The number of nitrogens with zero attached hydrogens (tertiary/aromatic N) is 2. The molecule has 0 atom stereocenters. The molecule has 6 heteroatoms. The minimum absolute atomic E-state index is 0.0128. The van der Waals surface area contributed by atoms with E-state index in [9.17, 15) is 4.79 Å². The molecule has 0 aliphatic carbocycles. The van der Waals surface area contributed by atoms with E-state index in [1.165, 1.54) is 11.3 Å². The number of imidazole rings is 1. The van der Waals surface area contributed by atoms with Gasteiger partial charge >= 0.3 is 0 Å². The van der Waals surface area contributed by atoms with Crippen LogP contribution in [0.3, 0.4) is 0 Å². The predicted octanol–water partition coefficient (Wildman–Crippen LogP) is 2.49. The van der Waals surface area contributed by atoms with Gasteiger partial charge in [-0.05, 0) is 19.8 Å². The summed E-state index contributed by atoms with van der Waals surface area (Å²) in [5, 5.41) is 3.90. The molecule has 0 spiro atoms. The molecule has 0 aromatic carbocycles. The molecule has 0 radical (unpaired) electrons. The molecular formula is C14H20N4OS. The van der Waals surface area contributed by atoms with Crippen LogP contribution >= 0.6 is 11.3 Å². The number of unbranched alkanes of at least 4 members (excludes halogenated alkanes) is 1. The van der Waals surface area contributed by atoms with Crippen molar-refractivity contribution in [2.45, 2.75) is 39.5 Å². The van der Waals surface area contributed by atoms with E-state index < -0.39 is 0 Å². The Hall–Kier alpha value is -1.69. The maximum Gasteiger partial charge on any atom is 0.263 e. The number of amides is 1. The van der Waals surface area contributed by atoms with E-state index in [1.54, 1.807) is 12.5 Å². The molecule has 0 saturated heterocycles. The van der Waals surface area contributed by atoms with Gasteiger partial charge in [0.1, 0.15) is 4.88 Å². The zero-order valence-corrected chi connectivity index (χ0v) is 12.7. The Balaban J connectivity index is 1.91. The second-order valence-electron chi connectivity index (χ2n) is 4.70. The number of rotatable bonds is 7. The van der Waals surface area contributed by atoms with E-state index in [1.807, 2.05) is 6.92 Å². The van der Waals surface area contributed by atoms with Gasteiger partial charge in [0.15, 0.2) is 0 Å². The number of carbonyl (C=O) groups is 1. The van der Waals surface area contributed by atoms with Crippen LogP contribution in [0.25, 0.3) is 0 Å². The van der Waals surface area contributed by atoms with Gasteiger partial charge in [-0.1, -0.05) is 13.3 Å². The molecule has 0 aliphatic heterocycles. The summed E-state index contributed by atoms with van der Waals surface area (Å²) < 4.78 is 0. The molecule has 5 nitrogen and oxygen atoms in total. The highest BCUT2D eigenvalue weighted by Gasteiger charge is 2.15. The lowest BCUT2D eigenvalue weighted by Crippen LogP contribution is -2.25. The van der Waals surface area contributed by atoms with Crippen molar-refractivity contribution in [2.24, 2.45) is 0 Å². The minimum Gasteiger partial charge on any atom is -0.351 e. The molecule has 2 aromatic rings. The highest BCUT2D eigenvalue weighted by Crippen LogP contribution is 2.19. The Bertz CT molecular complexity index is 548. The topological polar surface area (TPSA) is 70.7 Å². The molecule has 0 fully saturated rings. The van der Waals surface area contributed by atoms with Gasteiger partial charge < -0.3 is 10.3 Å². The van der Waals surface area contributed by atoms with Crippen LogP contribution in [0, 0.1) is 6.92 Å². The van der Waals surface area contributed by atoms with Gasteiger partial charge in [-0.15, -0.1) is 11.3 Å². The zero-order chi connectivity index (χ0) is 14.4. The summed E-state index contributed by atoms with van der Waals surface area (Å²) in [7, 11) is 0. The van der Waals surface area contributed by atoms with Gasteiger partial charge in [0, 0.05) is 24.9 Å². The number of H-pyrrole nitrogens is 1. The van der Waals surface area contributed by atoms with E-state index in [0.29, 0.717) is 6.54 Å². The summed E-state index contributed by atoms with van der Waals surface area (Å²) in [6.45, 7) is 4.69. The van der Waals surface area contributed by atoms with Crippen LogP contribution in [0.2, 0.25) is 0 Å². The summed E-state index contributed by atoms with van der Waals surface area (Å²) in [5.41, 5.74) is 1.96. The fraction of sp³-hybridized carbons (Fsp3) is 0.500. The quantitative estimate of drug-likeness (QED) is 0.823. The predicted molar refractivity (Wildman–Crippen MR) is 80.1 cm³/mol. The third-order valence-corrected chi connectivity index (χ3v) is 4.02. The number of hydrogen-bond donors (Lipinski definition) is 2. The highest BCUT2D eigenvalue weighted by atomic mass is 32.1. The van der Waals surface area contributed by atoms with Crippen LogP contribution < -0.4 is 5.32 Å². The Kier molecular flexibility index (Phi) is 5.29. The first-order valence-electron chi connectivity index (χ1n) is 6.92. The molecule has 1 amide bonds. The van der Waals surface area contributed by atoms with E-state index in [4.69, 9.17) is 0 Å². The lowest BCUT2D eigenvalue weighted by Gasteiger charge is -2.04. The second-order valence-corrected chi connectivity index (χ2v) is 5.90. The number of thiazole rings is 1. The van der Waals surface area contributed by atoms with Crippen molar-refractivity contribution in [2.75, 3.05) is 6.54 Å². The number of aromatic nitrogens is 3. The summed E-state index contributed by atoms with van der Waals surface area (Å²) >= 11 is 1.48. The van der Waals surface area contributed by atoms with Gasteiger partial charge in [0.25, 0.3) is 5.91 Å². The van der Waals surface area contributed by atoms with Gasteiger partial charge in [0.2, 0.25) is 0 Å². The van der Waals surface area contributed by atoms with E-state index >= 15 is 0 Å². The molecule has 2 N–H and O–H groups in total. The van der Waals surface area contributed by atoms with Crippen LogP contribution in [0.15, 0.2) is 12.5 Å². The molecular weight excluding hydrogens is 272 g/mol. The standard InChI is InChI=1S/C14H20N4OS/c1-3-4-5-12-13(20-10(2)18-12)14(19)16-7-6-11-8-15-9-17-11/h8-9H,3-7H2,1-2H3,(H,15,17)(H,16,19). The largest absolute Gasteiger partial charge is 0.351 e. The molecule has 2 heterocycles. The Morgan fingerprint density at radius 3 is 3.00 bits per heavy atom. The van der Waals surface area contributed by atoms with Crippen molar-refractivity contribution < 1.29 is 4.79 Å². The SMILES string of the molecule is CCCCc1nc(C)sc1C(=O)NCCc1cnc[nH]1.